The van der Waals surface area contributed by atoms with Crippen LogP contribution in [0.15, 0.2) is 23.6 Å². The molecule has 1 N–H and O–H groups in total. The average Bonchev–Trinajstić information content (AvgIpc) is 2.48. The minimum absolute atomic E-state index is 0.833. The monoisotopic (exact) mass is 197 g/mol. The molecule has 0 spiro atoms. The van der Waals surface area contributed by atoms with E-state index in [1.54, 1.807) is 11.3 Å². The number of rotatable bonds is 1. The fourth-order valence-electron chi connectivity index (χ4n) is 1.26. The van der Waals surface area contributed by atoms with Crippen LogP contribution in [0.5, 0.6) is 0 Å². The quantitative estimate of drug-likeness (QED) is 0.737. The summed E-state index contributed by atoms with van der Waals surface area (Å²) < 4.78 is 1.23. The van der Waals surface area contributed by atoms with Crippen molar-refractivity contribution in [2.75, 3.05) is 12.4 Å². The van der Waals surface area contributed by atoms with E-state index in [1.807, 2.05) is 24.6 Å². The van der Waals surface area contributed by atoms with Gasteiger partial charge in [-0.3, -0.25) is 0 Å². The average molecular weight is 198 g/mol. The molecule has 0 aliphatic heterocycles. The maximum absolute atomic E-state index is 6.03. The Kier molecular flexibility index (Phi) is 1.95. The molecule has 0 fully saturated rings. The summed E-state index contributed by atoms with van der Waals surface area (Å²) in [5.74, 6) is 0. The third-order valence-electron chi connectivity index (χ3n) is 1.82. The maximum atomic E-state index is 6.03. The first kappa shape index (κ1) is 7.90. The first-order valence-electron chi connectivity index (χ1n) is 3.66. The zero-order chi connectivity index (χ0) is 8.55. The minimum atomic E-state index is 0.833. The van der Waals surface area contributed by atoms with Gasteiger partial charge in [-0.15, -0.1) is 11.3 Å². The SMILES string of the molecule is CNc1cccc2scc(Cl)c12. The van der Waals surface area contributed by atoms with Gasteiger partial charge in [0.05, 0.1) is 5.02 Å². The van der Waals surface area contributed by atoms with Crippen molar-refractivity contribution in [1.82, 2.24) is 0 Å². The lowest BCUT2D eigenvalue weighted by molar-refractivity contribution is 1.55. The molecular weight excluding hydrogens is 190 g/mol. The predicted octanol–water partition coefficient (Wildman–Crippen LogP) is 3.60. The van der Waals surface area contributed by atoms with Crippen molar-refractivity contribution in [2.24, 2.45) is 0 Å². The Morgan fingerprint density at radius 3 is 3.00 bits per heavy atom. The van der Waals surface area contributed by atoms with Crippen LogP contribution in [0.25, 0.3) is 10.1 Å². The van der Waals surface area contributed by atoms with Crippen LogP contribution >= 0.6 is 22.9 Å². The van der Waals surface area contributed by atoms with Crippen molar-refractivity contribution in [3.63, 3.8) is 0 Å². The van der Waals surface area contributed by atoms with Crippen LogP contribution in [0, 0.1) is 0 Å². The molecule has 0 atom stereocenters. The lowest BCUT2D eigenvalue weighted by Crippen LogP contribution is -1.87. The van der Waals surface area contributed by atoms with E-state index in [2.05, 4.69) is 11.4 Å². The standard InChI is InChI=1S/C9H8ClNS/c1-11-7-3-2-4-8-9(7)6(10)5-12-8/h2-5,11H,1H3. The molecular formula is C9H8ClNS. The first-order valence-corrected chi connectivity index (χ1v) is 4.92. The summed E-state index contributed by atoms with van der Waals surface area (Å²) in [4.78, 5) is 0. The summed E-state index contributed by atoms with van der Waals surface area (Å²) in [6.45, 7) is 0. The number of halogens is 1. The second-order valence-corrected chi connectivity index (χ2v) is 3.83. The number of hydrogen-bond acceptors (Lipinski definition) is 2. The molecule has 0 unspecified atom stereocenters. The van der Waals surface area contributed by atoms with E-state index in [-0.39, 0.29) is 0 Å². The molecule has 0 aliphatic carbocycles. The van der Waals surface area contributed by atoms with E-state index in [0.717, 1.165) is 16.1 Å². The molecule has 2 rings (SSSR count). The van der Waals surface area contributed by atoms with Gasteiger partial charge in [-0.05, 0) is 12.1 Å². The molecule has 1 heterocycles. The number of fused-ring (bicyclic) bond motifs is 1. The molecule has 0 bridgehead atoms. The molecule has 0 amide bonds. The normalized spacial score (nSPS) is 10.5. The lowest BCUT2D eigenvalue weighted by atomic mass is 10.2. The largest absolute Gasteiger partial charge is 0.388 e. The van der Waals surface area contributed by atoms with Crippen LogP contribution in [0.3, 0.4) is 0 Å². The molecule has 1 aromatic carbocycles. The second kappa shape index (κ2) is 2.96. The predicted molar refractivity (Wildman–Crippen MR) is 56.4 cm³/mol. The number of nitrogens with one attached hydrogen (secondary N) is 1. The Balaban J connectivity index is 2.84. The summed E-state index contributed by atoms with van der Waals surface area (Å²) in [5, 5.41) is 7.05. The van der Waals surface area contributed by atoms with Crippen molar-refractivity contribution in [1.29, 1.82) is 0 Å². The van der Waals surface area contributed by atoms with Gasteiger partial charge in [-0.2, -0.15) is 0 Å². The zero-order valence-electron chi connectivity index (χ0n) is 6.60. The van der Waals surface area contributed by atoms with Gasteiger partial charge < -0.3 is 5.32 Å². The number of thiophene rings is 1. The van der Waals surface area contributed by atoms with Gasteiger partial charge in [0.2, 0.25) is 0 Å². The highest BCUT2D eigenvalue weighted by atomic mass is 35.5. The Morgan fingerprint density at radius 2 is 2.25 bits per heavy atom. The van der Waals surface area contributed by atoms with Crippen molar-refractivity contribution in [3.8, 4) is 0 Å². The van der Waals surface area contributed by atoms with Crippen molar-refractivity contribution in [3.05, 3.63) is 28.6 Å². The summed E-state index contributed by atoms with van der Waals surface area (Å²) >= 11 is 7.70. The number of benzene rings is 1. The van der Waals surface area contributed by atoms with Crippen LogP contribution in [0.2, 0.25) is 5.02 Å². The molecule has 0 aliphatic rings. The fourth-order valence-corrected chi connectivity index (χ4v) is 2.49. The molecule has 1 aromatic heterocycles. The highest BCUT2D eigenvalue weighted by Gasteiger charge is 2.04. The molecule has 62 valence electrons. The van der Waals surface area contributed by atoms with E-state index in [9.17, 15) is 0 Å². The van der Waals surface area contributed by atoms with Gasteiger partial charge in [-0.1, -0.05) is 17.7 Å². The Bertz CT molecular complexity index is 408. The zero-order valence-corrected chi connectivity index (χ0v) is 8.17. The van der Waals surface area contributed by atoms with Crippen LogP contribution in [-0.4, -0.2) is 7.05 Å². The highest BCUT2D eigenvalue weighted by Crippen LogP contribution is 2.34. The maximum Gasteiger partial charge on any atom is 0.0612 e. The topological polar surface area (TPSA) is 12.0 Å². The van der Waals surface area contributed by atoms with Crippen LogP contribution in [0.1, 0.15) is 0 Å². The Hall–Kier alpha value is -0.730. The first-order chi connectivity index (χ1) is 5.83. The van der Waals surface area contributed by atoms with Gasteiger partial charge >= 0.3 is 0 Å². The summed E-state index contributed by atoms with van der Waals surface area (Å²) in [6, 6.07) is 6.13. The molecule has 0 saturated carbocycles. The third-order valence-corrected chi connectivity index (χ3v) is 3.20. The van der Waals surface area contributed by atoms with Crippen molar-refractivity contribution >= 4 is 38.7 Å². The summed E-state index contributed by atoms with van der Waals surface area (Å²) in [6.07, 6.45) is 0. The van der Waals surface area contributed by atoms with Crippen molar-refractivity contribution in [2.45, 2.75) is 0 Å². The number of anilines is 1. The number of hydrogen-bond donors (Lipinski definition) is 1. The summed E-state index contributed by atoms with van der Waals surface area (Å²) in [5.41, 5.74) is 1.10. The lowest BCUT2D eigenvalue weighted by Gasteiger charge is -2.01. The van der Waals surface area contributed by atoms with Crippen LogP contribution in [0.4, 0.5) is 5.69 Å². The van der Waals surface area contributed by atoms with E-state index >= 15 is 0 Å². The smallest absolute Gasteiger partial charge is 0.0612 e. The van der Waals surface area contributed by atoms with Gasteiger partial charge in [0.15, 0.2) is 0 Å². The highest BCUT2D eigenvalue weighted by molar-refractivity contribution is 7.18. The second-order valence-electron chi connectivity index (χ2n) is 2.51. The molecule has 1 nitrogen and oxygen atoms in total. The third kappa shape index (κ3) is 1.08. The van der Waals surface area contributed by atoms with Gasteiger partial charge in [-0.25, -0.2) is 0 Å². The Morgan fingerprint density at radius 1 is 1.42 bits per heavy atom. The van der Waals surface area contributed by atoms with E-state index < -0.39 is 0 Å². The van der Waals surface area contributed by atoms with Crippen LogP contribution < -0.4 is 5.32 Å². The van der Waals surface area contributed by atoms with Gasteiger partial charge in [0.1, 0.15) is 0 Å². The van der Waals surface area contributed by atoms with Gasteiger partial charge in [0.25, 0.3) is 0 Å². The molecule has 0 saturated heterocycles. The van der Waals surface area contributed by atoms with Crippen LogP contribution in [-0.2, 0) is 0 Å². The minimum Gasteiger partial charge on any atom is -0.388 e. The molecule has 12 heavy (non-hydrogen) atoms. The van der Waals surface area contributed by atoms with Gasteiger partial charge in [0, 0.05) is 28.2 Å². The molecule has 3 heteroatoms. The molecule has 0 radical (unpaired) electrons. The van der Waals surface area contributed by atoms with E-state index in [0.29, 0.717) is 0 Å². The fraction of sp³-hybridized carbons (Fsp3) is 0.111. The van der Waals surface area contributed by atoms with Crippen molar-refractivity contribution < 1.29 is 0 Å². The summed E-state index contributed by atoms with van der Waals surface area (Å²) in [7, 11) is 1.91. The van der Waals surface area contributed by atoms with E-state index in [1.165, 1.54) is 4.70 Å². The molecule has 2 aromatic rings. The Labute approximate surface area is 80.0 Å². The van der Waals surface area contributed by atoms with E-state index in [4.69, 9.17) is 11.6 Å².